The highest BCUT2D eigenvalue weighted by Crippen LogP contribution is 2.33. The van der Waals surface area contributed by atoms with E-state index in [1.165, 1.54) is 6.07 Å². The minimum Gasteiger partial charge on any atom is -0.469 e. The highest BCUT2D eigenvalue weighted by molar-refractivity contribution is 6.33. The van der Waals surface area contributed by atoms with Crippen LogP contribution in [0.4, 0.5) is 21.5 Å². The summed E-state index contributed by atoms with van der Waals surface area (Å²) in [6.45, 7) is 0.481. The van der Waals surface area contributed by atoms with Gasteiger partial charge in [0.05, 0.1) is 23.3 Å². The van der Waals surface area contributed by atoms with Gasteiger partial charge in [-0.2, -0.15) is 0 Å². The van der Waals surface area contributed by atoms with Crippen LogP contribution in [0, 0.1) is 5.82 Å². The third-order valence-electron chi connectivity index (χ3n) is 2.52. The van der Waals surface area contributed by atoms with Crippen molar-refractivity contribution in [2.24, 2.45) is 0 Å². The third-order valence-corrected chi connectivity index (χ3v) is 2.90. The molecule has 0 saturated carbocycles. The molecule has 0 aliphatic heterocycles. The maximum atomic E-state index is 13.8. The number of halogens is 2. The highest BCUT2D eigenvalue weighted by atomic mass is 35.5. The van der Waals surface area contributed by atoms with Crippen LogP contribution in [-0.2, 0) is 6.42 Å². The summed E-state index contributed by atoms with van der Waals surface area (Å²) in [4.78, 5) is 0. The zero-order chi connectivity index (χ0) is 13.1. The number of hydrogen-bond acceptors (Lipinski definition) is 4. The molecular weight excluding hydrogens is 257 g/mol. The van der Waals surface area contributed by atoms with Crippen LogP contribution in [-0.4, -0.2) is 6.54 Å². The van der Waals surface area contributed by atoms with E-state index in [1.807, 2.05) is 6.07 Å². The van der Waals surface area contributed by atoms with Gasteiger partial charge >= 0.3 is 0 Å². The summed E-state index contributed by atoms with van der Waals surface area (Å²) in [7, 11) is 0. The second-order valence-corrected chi connectivity index (χ2v) is 4.19. The smallest absolute Gasteiger partial charge is 0.169 e. The average molecular weight is 270 g/mol. The Hall–Kier alpha value is -1.88. The van der Waals surface area contributed by atoms with E-state index < -0.39 is 5.82 Å². The van der Waals surface area contributed by atoms with Crippen LogP contribution in [0.2, 0.25) is 5.02 Å². The summed E-state index contributed by atoms with van der Waals surface area (Å²) in [5, 5.41) is 2.77. The van der Waals surface area contributed by atoms with Crippen molar-refractivity contribution in [1.82, 2.24) is 0 Å². The zero-order valence-corrected chi connectivity index (χ0v) is 10.3. The first kappa shape index (κ1) is 12.6. The molecule has 0 aliphatic rings. The number of hydrogen-bond donors (Lipinski definition) is 3. The Morgan fingerprint density at radius 1 is 1.33 bits per heavy atom. The summed E-state index contributed by atoms with van der Waals surface area (Å²) in [5.41, 5.74) is 11.7. The molecule has 0 radical (unpaired) electrons. The van der Waals surface area contributed by atoms with E-state index in [-0.39, 0.29) is 22.1 Å². The van der Waals surface area contributed by atoms with E-state index in [0.717, 1.165) is 5.76 Å². The molecule has 1 aromatic carbocycles. The predicted octanol–water partition coefficient (Wildman–Crippen LogP) is 2.89. The van der Waals surface area contributed by atoms with Gasteiger partial charge in [0.2, 0.25) is 0 Å². The van der Waals surface area contributed by atoms with E-state index in [9.17, 15) is 4.39 Å². The van der Waals surface area contributed by atoms with Crippen molar-refractivity contribution < 1.29 is 8.81 Å². The first-order valence-corrected chi connectivity index (χ1v) is 5.76. The van der Waals surface area contributed by atoms with Crippen molar-refractivity contribution in [1.29, 1.82) is 0 Å². The lowest BCUT2D eigenvalue weighted by molar-refractivity contribution is 0.512. The number of nitrogen functional groups attached to an aromatic ring is 2. The van der Waals surface area contributed by atoms with Gasteiger partial charge in [-0.05, 0) is 18.2 Å². The molecule has 5 N–H and O–H groups in total. The fourth-order valence-electron chi connectivity index (χ4n) is 1.61. The van der Waals surface area contributed by atoms with E-state index >= 15 is 0 Å². The first-order valence-electron chi connectivity index (χ1n) is 5.38. The Kier molecular flexibility index (Phi) is 3.62. The normalized spacial score (nSPS) is 10.6. The number of nitrogens with one attached hydrogen (secondary N) is 1. The number of furan rings is 1. The van der Waals surface area contributed by atoms with Crippen LogP contribution < -0.4 is 16.8 Å². The quantitative estimate of drug-likeness (QED) is 0.746. The standard InChI is InChI=1S/C12H13ClFN3O/c13-10-8(15)6-9(16)12(11(10)14)17-4-3-7-2-1-5-18-7/h1-2,5-6,17H,3-4,15-16H2. The Morgan fingerprint density at radius 3 is 2.78 bits per heavy atom. The SMILES string of the molecule is Nc1cc(N)c(NCCc2ccco2)c(F)c1Cl. The van der Waals surface area contributed by atoms with Gasteiger partial charge in [-0.1, -0.05) is 11.6 Å². The molecule has 0 aliphatic carbocycles. The Bertz CT molecular complexity index is 543. The van der Waals surface area contributed by atoms with Crippen LogP contribution >= 0.6 is 11.6 Å². The summed E-state index contributed by atoms with van der Waals surface area (Å²) in [5.74, 6) is 0.177. The molecular formula is C12H13ClFN3O. The van der Waals surface area contributed by atoms with Gasteiger partial charge in [0.1, 0.15) is 10.8 Å². The molecule has 0 saturated heterocycles. The molecule has 4 nitrogen and oxygen atoms in total. The van der Waals surface area contributed by atoms with Crippen molar-refractivity contribution >= 4 is 28.7 Å². The lowest BCUT2D eigenvalue weighted by atomic mass is 10.2. The third kappa shape index (κ3) is 2.51. The molecule has 0 fully saturated rings. The first-order chi connectivity index (χ1) is 8.59. The molecule has 0 spiro atoms. The van der Waals surface area contributed by atoms with Gasteiger partial charge in [0.25, 0.3) is 0 Å². The molecule has 1 heterocycles. The fraction of sp³-hybridized carbons (Fsp3) is 0.167. The van der Waals surface area contributed by atoms with Gasteiger partial charge in [-0.15, -0.1) is 0 Å². The Balaban J connectivity index is 2.07. The Morgan fingerprint density at radius 2 is 2.11 bits per heavy atom. The van der Waals surface area contributed by atoms with Crippen LogP contribution in [0.1, 0.15) is 5.76 Å². The summed E-state index contributed by atoms with van der Waals surface area (Å²) < 4.78 is 19.0. The molecule has 1 aromatic heterocycles. The van der Waals surface area contributed by atoms with Crippen LogP contribution in [0.3, 0.4) is 0 Å². The number of anilines is 3. The van der Waals surface area contributed by atoms with Gasteiger partial charge in [-0.25, -0.2) is 4.39 Å². The molecule has 0 unspecified atom stereocenters. The second kappa shape index (κ2) is 5.18. The van der Waals surface area contributed by atoms with E-state index in [4.69, 9.17) is 27.5 Å². The van der Waals surface area contributed by atoms with Crippen LogP contribution in [0.15, 0.2) is 28.9 Å². The molecule has 0 atom stereocenters. The number of nitrogens with two attached hydrogens (primary N) is 2. The molecule has 6 heteroatoms. The lowest BCUT2D eigenvalue weighted by Crippen LogP contribution is -2.09. The van der Waals surface area contributed by atoms with Crippen LogP contribution in [0.25, 0.3) is 0 Å². The zero-order valence-electron chi connectivity index (χ0n) is 9.54. The topological polar surface area (TPSA) is 77.2 Å². The molecule has 2 rings (SSSR count). The minimum atomic E-state index is -0.631. The van der Waals surface area contributed by atoms with Crippen molar-refractivity contribution in [3.05, 3.63) is 41.1 Å². The summed E-state index contributed by atoms with van der Waals surface area (Å²) in [6, 6.07) is 5.07. The fourth-order valence-corrected chi connectivity index (χ4v) is 1.76. The number of rotatable bonds is 4. The molecule has 18 heavy (non-hydrogen) atoms. The molecule has 2 aromatic rings. The van der Waals surface area contributed by atoms with Crippen molar-refractivity contribution in [3.63, 3.8) is 0 Å². The van der Waals surface area contributed by atoms with Gasteiger partial charge in [0, 0.05) is 13.0 Å². The van der Waals surface area contributed by atoms with Crippen LogP contribution in [0.5, 0.6) is 0 Å². The summed E-state index contributed by atoms with van der Waals surface area (Å²) in [6.07, 6.45) is 2.21. The van der Waals surface area contributed by atoms with E-state index in [2.05, 4.69) is 5.32 Å². The van der Waals surface area contributed by atoms with E-state index in [1.54, 1.807) is 12.3 Å². The maximum absolute atomic E-state index is 13.8. The number of benzene rings is 1. The maximum Gasteiger partial charge on any atom is 0.169 e. The lowest BCUT2D eigenvalue weighted by Gasteiger charge is -2.12. The monoisotopic (exact) mass is 269 g/mol. The second-order valence-electron chi connectivity index (χ2n) is 3.81. The highest BCUT2D eigenvalue weighted by Gasteiger charge is 2.13. The molecule has 0 bridgehead atoms. The van der Waals surface area contributed by atoms with Crippen molar-refractivity contribution in [2.75, 3.05) is 23.3 Å². The average Bonchev–Trinajstić information content (AvgIpc) is 2.84. The van der Waals surface area contributed by atoms with E-state index in [0.29, 0.717) is 13.0 Å². The molecule has 96 valence electrons. The van der Waals surface area contributed by atoms with Crippen molar-refractivity contribution in [2.45, 2.75) is 6.42 Å². The minimum absolute atomic E-state index is 0.121. The Labute approximate surface area is 109 Å². The van der Waals surface area contributed by atoms with Crippen molar-refractivity contribution in [3.8, 4) is 0 Å². The van der Waals surface area contributed by atoms with Gasteiger partial charge < -0.3 is 21.2 Å². The largest absolute Gasteiger partial charge is 0.469 e. The van der Waals surface area contributed by atoms with Gasteiger partial charge in [0.15, 0.2) is 5.82 Å². The summed E-state index contributed by atoms with van der Waals surface area (Å²) >= 11 is 5.72. The van der Waals surface area contributed by atoms with Gasteiger partial charge in [-0.3, -0.25) is 0 Å². The molecule has 0 amide bonds. The predicted molar refractivity (Wildman–Crippen MR) is 71.1 cm³/mol.